The van der Waals surface area contributed by atoms with Crippen molar-refractivity contribution >= 4 is 15.9 Å². The molecule has 0 saturated heterocycles. The minimum Gasteiger partial charge on any atom is -0.388 e. The molecule has 1 rings (SSSR count). The van der Waals surface area contributed by atoms with Crippen molar-refractivity contribution in [1.29, 1.82) is 0 Å². The van der Waals surface area contributed by atoms with Gasteiger partial charge in [-0.25, -0.2) is 8.78 Å². The van der Waals surface area contributed by atoms with Crippen molar-refractivity contribution in [1.82, 2.24) is 0 Å². The van der Waals surface area contributed by atoms with Gasteiger partial charge in [-0.05, 0) is 40.4 Å². The van der Waals surface area contributed by atoms with Gasteiger partial charge in [0.25, 0.3) is 0 Å². The number of hydrogen-bond acceptors (Lipinski definition) is 1. The molecule has 1 aromatic rings. The Balaban J connectivity index is 2.68. The zero-order valence-electron chi connectivity index (χ0n) is 9.07. The summed E-state index contributed by atoms with van der Waals surface area (Å²) in [6.07, 6.45) is -7.04. The predicted octanol–water partition coefficient (Wildman–Crippen LogP) is 4.49. The van der Waals surface area contributed by atoms with Gasteiger partial charge in [-0.15, -0.1) is 0 Å². The molecule has 1 unspecified atom stereocenters. The highest BCUT2D eigenvalue weighted by atomic mass is 79.9. The van der Waals surface area contributed by atoms with Crippen LogP contribution in [0.4, 0.5) is 22.0 Å². The summed E-state index contributed by atoms with van der Waals surface area (Å²) in [7, 11) is 0. The van der Waals surface area contributed by atoms with Crippen LogP contribution in [0.1, 0.15) is 30.9 Å². The summed E-state index contributed by atoms with van der Waals surface area (Å²) in [4.78, 5) is 0. The van der Waals surface area contributed by atoms with Crippen LogP contribution in [0.3, 0.4) is 0 Å². The maximum absolute atomic E-state index is 13.2. The van der Waals surface area contributed by atoms with Crippen LogP contribution in [-0.2, 0) is 0 Å². The summed E-state index contributed by atoms with van der Waals surface area (Å²) < 4.78 is 61.4. The van der Waals surface area contributed by atoms with Crippen LogP contribution in [0, 0.1) is 11.6 Å². The number of aliphatic hydroxyl groups is 1. The first kappa shape index (κ1) is 15.4. The van der Waals surface area contributed by atoms with Crippen molar-refractivity contribution in [3.63, 3.8) is 0 Å². The molecule has 1 atom stereocenters. The number of halogens is 6. The van der Waals surface area contributed by atoms with Gasteiger partial charge in [0, 0.05) is 6.42 Å². The third kappa shape index (κ3) is 4.20. The van der Waals surface area contributed by atoms with Gasteiger partial charge in [0.05, 0.1) is 10.6 Å². The first-order chi connectivity index (χ1) is 8.22. The van der Waals surface area contributed by atoms with Crippen LogP contribution in [-0.4, -0.2) is 11.3 Å². The maximum atomic E-state index is 13.2. The average Bonchev–Trinajstić information content (AvgIpc) is 2.24. The zero-order chi connectivity index (χ0) is 13.9. The van der Waals surface area contributed by atoms with Gasteiger partial charge in [-0.1, -0.05) is 6.07 Å². The fourth-order valence-corrected chi connectivity index (χ4v) is 2.04. The summed E-state index contributed by atoms with van der Waals surface area (Å²) in [6.45, 7) is 0. The fourth-order valence-electron chi connectivity index (χ4n) is 1.45. The number of benzene rings is 1. The molecule has 0 bridgehead atoms. The lowest BCUT2D eigenvalue weighted by atomic mass is 10.0. The molecule has 102 valence electrons. The molecular formula is C11H10BrF5O. The number of alkyl halides is 3. The summed E-state index contributed by atoms with van der Waals surface area (Å²) in [5, 5.41) is 9.63. The minimum atomic E-state index is -4.29. The third-order valence-corrected chi connectivity index (χ3v) is 3.17. The quantitative estimate of drug-likeness (QED) is 0.636. The standard InChI is InChI=1S/C11H10BrF5O/c12-9-6(3-4-7(13)10(9)14)8(18)2-1-5-11(15,16)17/h3-4,8,18H,1-2,5H2. The van der Waals surface area contributed by atoms with Crippen LogP contribution < -0.4 is 0 Å². The smallest absolute Gasteiger partial charge is 0.388 e. The van der Waals surface area contributed by atoms with Crippen molar-refractivity contribution in [3.05, 3.63) is 33.8 Å². The Morgan fingerprint density at radius 2 is 1.83 bits per heavy atom. The Morgan fingerprint density at radius 1 is 1.22 bits per heavy atom. The van der Waals surface area contributed by atoms with Crippen LogP contribution in [0.25, 0.3) is 0 Å². The van der Waals surface area contributed by atoms with Crippen molar-refractivity contribution < 1.29 is 27.1 Å². The summed E-state index contributed by atoms with van der Waals surface area (Å²) in [5.41, 5.74) is 0.0380. The van der Waals surface area contributed by atoms with Crippen molar-refractivity contribution in [3.8, 4) is 0 Å². The molecule has 0 aromatic heterocycles. The van der Waals surface area contributed by atoms with Crippen LogP contribution >= 0.6 is 15.9 Å². The van der Waals surface area contributed by atoms with E-state index in [2.05, 4.69) is 15.9 Å². The zero-order valence-corrected chi connectivity index (χ0v) is 10.7. The summed E-state index contributed by atoms with van der Waals surface area (Å²) in [5.74, 6) is -2.25. The third-order valence-electron chi connectivity index (χ3n) is 2.36. The molecule has 18 heavy (non-hydrogen) atoms. The molecule has 1 nitrogen and oxygen atoms in total. The van der Waals surface area contributed by atoms with Gasteiger partial charge in [0.15, 0.2) is 11.6 Å². The topological polar surface area (TPSA) is 20.2 Å². The lowest BCUT2D eigenvalue weighted by molar-refractivity contribution is -0.136. The van der Waals surface area contributed by atoms with E-state index in [-0.39, 0.29) is 22.9 Å². The lowest BCUT2D eigenvalue weighted by Gasteiger charge is -2.14. The van der Waals surface area contributed by atoms with E-state index in [0.29, 0.717) is 0 Å². The van der Waals surface area contributed by atoms with Crippen LogP contribution in [0.15, 0.2) is 16.6 Å². The van der Waals surface area contributed by atoms with E-state index >= 15 is 0 Å². The largest absolute Gasteiger partial charge is 0.389 e. The second kappa shape index (κ2) is 5.97. The van der Waals surface area contributed by atoms with Crippen molar-refractivity contribution in [2.24, 2.45) is 0 Å². The van der Waals surface area contributed by atoms with E-state index in [1.165, 1.54) is 0 Å². The molecule has 0 aliphatic heterocycles. The molecule has 1 aromatic carbocycles. The van der Waals surface area contributed by atoms with E-state index in [1.54, 1.807) is 0 Å². The van der Waals surface area contributed by atoms with Crippen molar-refractivity contribution in [2.75, 3.05) is 0 Å². The number of aliphatic hydroxyl groups excluding tert-OH is 1. The van der Waals surface area contributed by atoms with Gasteiger partial charge in [0.1, 0.15) is 0 Å². The first-order valence-corrected chi connectivity index (χ1v) is 5.90. The highest BCUT2D eigenvalue weighted by Crippen LogP contribution is 2.31. The highest BCUT2D eigenvalue weighted by Gasteiger charge is 2.27. The number of rotatable bonds is 4. The van der Waals surface area contributed by atoms with Gasteiger partial charge < -0.3 is 5.11 Å². The Morgan fingerprint density at radius 3 is 2.39 bits per heavy atom. The Bertz CT molecular complexity index is 419. The van der Waals surface area contributed by atoms with Gasteiger partial charge in [0.2, 0.25) is 0 Å². The molecule has 0 amide bonds. The van der Waals surface area contributed by atoms with Gasteiger partial charge in [-0.2, -0.15) is 13.2 Å². The highest BCUT2D eigenvalue weighted by molar-refractivity contribution is 9.10. The fraction of sp³-hybridized carbons (Fsp3) is 0.455. The molecule has 0 spiro atoms. The van der Waals surface area contributed by atoms with Crippen LogP contribution in [0.2, 0.25) is 0 Å². The summed E-state index contributed by atoms with van der Waals surface area (Å²) >= 11 is 2.77. The molecule has 1 N–H and O–H groups in total. The number of hydrogen-bond donors (Lipinski definition) is 1. The molecule has 0 aliphatic rings. The second-order valence-electron chi connectivity index (χ2n) is 3.79. The SMILES string of the molecule is OC(CCCC(F)(F)F)c1ccc(F)c(F)c1Br. The Kier molecular flexibility index (Phi) is 5.10. The van der Waals surface area contributed by atoms with E-state index in [1.807, 2.05) is 0 Å². The van der Waals surface area contributed by atoms with E-state index in [9.17, 15) is 27.1 Å². The molecule has 0 heterocycles. The van der Waals surface area contributed by atoms with Gasteiger partial charge in [-0.3, -0.25) is 0 Å². The molecule has 0 saturated carbocycles. The van der Waals surface area contributed by atoms with E-state index in [4.69, 9.17) is 0 Å². The van der Waals surface area contributed by atoms with Crippen molar-refractivity contribution in [2.45, 2.75) is 31.5 Å². The monoisotopic (exact) mass is 332 g/mol. The molecule has 0 radical (unpaired) electrons. The van der Waals surface area contributed by atoms with E-state index < -0.39 is 30.3 Å². The Labute approximate surface area is 109 Å². The minimum absolute atomic E-state index is 0.0380. The first-order valence-electron chi connectivity index (χ1n) is 5.10. The Hall–Kier alpha value is -0.690. The molecule has 0 fully saturated rings. The van der Waals surface area contributed by atoms with Gasteiger partial charge >= 0.3 is 6.18 Å². The molecular weight excluding hydrogens is 323 g/mol. The van der Waals surface area contributed by atoms with Crippen LogP contribution in [0.5, 0.6) is 0 Å². The maximum Gasteiger partial charge on any atom is 0.389 e. The lowest BCUT2D eigenvalue weighted by Crippen LogP contribution is -2.08. The van der Waals surface area contributed by atoms with E-state index in [0.717, 1.165) is 12.1 Å². The molecule has 0 aliphatic carbocycles. The molecule has 7 heteroatoms. The average molecular weight is 333 g/mol. The second-order valence-corrected chi connectivity index (χ2v) is 4.58. The summed E-state index contributed by atoms with van der Waals surface area (Å²) in [6, 6.07) is 1.96. The normalized spacial score (nSPS) is 13.7. The predicted molar refractivity (Wildman–Crippen MR) is 58.9 cm³/mol.